The van der Waals surface area contributed by atoms with Gasteiger partial charge in [0.25, 0.3) is 0 Å². The third-order valence-corrected chi connectivity index (χ3v) is 2.86. The van der Waals surface area contributed by atoms with Crippen LogP contribution in [0.2, 0.25) is 0 Å². The van der Waals surface area contributed by atoms with Gasteiger partial charge >= 0.3 is 0 Å². The number of hydrogen-bond donors (Lipinski definition) is 1. The van der Waals surface area contributed by atoms with Gasteiger partial charge in [0, 0.05) is 13.1 Å². The maximum Gasteiger partial charge on any atom is 0.203 e. The minimum Gasteiger partial charge on any atom is -0.357 e. The largest absolute Gasteiger partial charge is 0.357 e. The van der Waals surface area contributed by atoms with Crippen LogP contribution in [0.25, 0.3) is 11.2 Å². The highest BCUT2D eigenvalue weighted by Gasteiger charge is 2.12. The summed E-state index contributed by atoms with van der Waals surface area (Å²) in [5.74, 6) is 1.02. The topological polar surface area (TPSA) is 57.7 Å². The van der Waals surface area contributed by atoms with Crippen LogP contribution in [0.5, 0.6) is 0 Å². The van der Waals surface area contributed by atoms with Crippen LogP contribution in [0.1, 0.15) is 19.3 Å². The average molecular weight is 203 g/mol. The van der Waals surface area contributed by atoms with E-state index in [-0.39, 0.29) is 0 Å². The number of pyridine rings is 1. The molecule has 0 spiro atoms. The summed E-state index contributed by atoms with van der Waals surface area (Å²) in [6.45, 7) is 2.21. The molecule has 5 nitrogen and oxygen atoms in total. The maximum absolute atomic E-state index is 4.48. The van der Waals surface area contributed by atoms with Crippen LogP contribution in [0.15, 0.2) is 12.1 Å². The lowest BCUT2D eigenvalue weighted by Crippen LogP contribution is -2.30. The van der Waals surface area contributed by atoms with E-state index in [1.807, 2.05) is 12.1 Å². The van der Waals surface area contributed by atoms with Gasteiger partial charge in [0.2, 0.25) is 5.65 Å². The molecule has 1 aliphatic heterocycles. The summed E-state index contributed by atoms with van der Waals surface area (Å²) in [6.07, 6.45) is 3.86. The van der Waals surface area contributed by atoms with Crippen molar-refractivity contribution in [2.24, 2.45) is 0 Å². The first-order valence-corrected chi connectivity index (χ1v) is 5.36. The van der Waals surface area contributed by atoms with Crippen LogP contribution in [-0.4, -0.2) is 33.5 Å². The molecule has 2 aromatic rings. The van der Waals surface area contributed by atoms with Crippen molar-refractivity contribution in [3.8, 4) is 0 Å². The Morgan fingerprint density at radius 3 is 2.87 bits per heavy atom. The van der Waals surface area contributed by atoms with E-state index in [9.17, 15) is 0 Å². The fraction of sp³-hybridized carbons (Fsp3) is 0.500. The van der Waals surface area contributed by atoms with Gasteiger partial charge in [0.1, 0.15) is 11.3 Å². The van der Waals surface area contributed by atoms with E-state index in [0.29, 0.717) is 5.65 Å². The maximum atomic E-state index is 4.48. The van der Waals surface area contributed by atoms with Crippen LogP contribution < -0.4 is 4.90 Å². The van der Waals surface area contributed by atoms with Crippen molar-refractivity contribution in [2.75, 3.05) is 18.0 Å². The fourth-order valence-electron chi connectivity index (χ4n) is 2.03. The second-order valence-corrected chi connectivity index (χ2v) is 3.90. The number of rotatable bonds is 1. The molecule has 1 fully saturated rings. The third kappa shape index (κ3) is 1.54. The molecule has 3 rings (SSSR count). The lowest BCUT2D eigenvalue weighted by atomic mass is 10.1. The second kappa shape index (κ2) is 3.49. The van der Waals surface area contributed by atoms with Crippen LogP contribution in [0.4, 0.5) is 5.82 Å². The summed E-state index contributed by atoms with van der Waals surface area (Å²) in [4.78, 5) is 6.80. The van der Waals surface area contributed by atoms with Crippen LogP contribution in [-0.2, 0) is 0 Å². The van der Waals surface area contributed by atoms with E-state index in [2.05, 4.69) is 25.3 Å². The molecule has 1 aliphatic rings. The SMILES string of the molecule is c1cc2[nH]nnc2nc1N1CCCCC1. The quantitative estimate of drug-likeness (QED) is 0.760. The summed E-state index contributed by atoms with van der Waals surface area (Å²) < 4.78 is 0. The summed E-state index contributed by atoms with van der Waals surface area (Å²) in [5.41, 5.74) is 1.61. The first kappa shape index (κ1) is 8.64. The van der Waals surface area contributed by atoms with Crippen molar-refractivity contribution in [2.45, 2.75) is 19.3 Å². The number of fused-ring (bicyclic) bond motifs is 1. The molecule has 0 unspecified atom stereocenters. The molecule has 0 bridgehead atoms. The molecule has 1 N–H and O–H groups in total. The molecule has 0 radical (unpaired) electrons. The first-order chi connectivity index (χ1) is 7.43. The highest BCUT2D eigenvalue weighted by atomic mass is 15.3. The van der Waals surface area contributed by atoms with Crippen molar-refractivity contribution in [1.82, 2.24) is 20.4 Å². The number of hydrogen-bond acceptors (Lipinski definition) is 4. The summed E-state index contributed by atoms with van der Waals surface area (Å²) in [6, 6.07) is 4.03. The fourth-order valence-corrected chi connectivity index (χ4v) is 2.03. The van der Waals surface area contributed by atoms with Crippen molar-refractivity contribution in [3.63, 3.8) is 0 Å². The summed E-state index contributed by atoms with van der Waals surface area (Å²) >= 11 is 0. The van der Waals surface area contributed by atoms with E-state index in [4.69, 9.17) is 0 Å². The Bertz CT molecular complexity index is 458. The standard InChI is InChI=1S/C10H13N5/c1-2-6-15(7-3-1)9-5-4-8-10(11-9)13-14-12-8/h4-5H,1-3,6-7H2,(H,11,12,13,14). The van der Waals surface area contributed by atoms with Crippen LogP contribution in [0.3, 0.4) is 0 Å². The van der Waals surface area contributed by atoms with E-state index < -0.39 is 0 Å². The minimum absolute atomic E-state index is 0.707. The van der Waals surface area contributed by atoms with Crippen molar-refractivity contribution >= 4 is 17.0 Å². The van der Waals surface area contributed by atoms with Crippen LogP contribution >= 0.6 is 0 Å². The highest BCUT2D eigenvalue weighted by molar-refractivity contribution is 5.71. The molecule has 0 amide bonds. The van der Waals surface area contributed by atoms with Crippen molar-refractivity contribution in [1.29, 1.82) is 0 Å². The smallest absolute Gasteiger partial charge is 0.203 e. The van der Waals surface area contributed by atoms with Gasteiger partial charge in [-0.15, -0.1) is 5.10 Å². The van der Waals surface area contributed by atoms with Gasteiger partial charge in [-0.05, 0) is 31.4 Å². The van der Waals surface area contributed by atoms with Gasteiger partial charge in [-0.3, -0.25) is 5.10 Å². The molecule has 0 aromatic carbocycles. The van der Waals surface area contributed by atoms with E-state index in [1.54, 1.807) is 0 Å². The Morgan fingerprint density at radius 2 is 2.00 bits per heavy atom. The molecular formula is C10H13N5. The van der Waals surface area contributed by atoms with E-state index in [1.165, 1.54) is 19.3 Å². The Morgan fingerprint density at radius 1 is 1.13 bits per heavy atom. The monoisotopic (exact) mass is 203 g/mol. The number of piperidine rings is 1. The Hall–Kier alpha value is -1.65. The normalized spacial score (nSPS) is 17.2. The molecule has 15 heavy (non-hydrogen) atoms. The molecule has 0 aliphatic carbocycles. The molecule has 2 aromatic heterocycles. The zero-order valence-corrected chi connectivity index (χ0v) is 8.48. The lowest BCUT2D eigenvalue weighted by Gasteiger charge is -2.27. The van der Waals surface area contributed by atoms with Gasteiger partial charge < -0.3 is 4.90 Å². The Kier molecular flexibility index (Phi) is 2.01. The number of H-pyrrole nitrogens is 1. The highest BCUT2D eigenvalue weighted by Crippen LogP contribution is 2.19. The molecule has 0 saturated carbocycles. The molecule has 0 atom stereocenters. The van der Waals surface area contributed by atoms with Crippen molar-refractivity contribution in [3.05, 3.63) is 12.1 Å². The minimum atomic E-state index is 0.707. The Balaban J connectivity index is 1.95. The average Bonchev–Trinajstić information content (AvgIpc) is 2.77. The summed E-state index contributed by atoms with van der Waals surface area (Å²) in [5, 5.41) is 10.5. The molecule has 5 heteroatoms. The first-order valence-electron chi connectivity index (χ1n) is 5.36. The second-order valence-electron chi connectivity index (χ2n) is 3.90. The summed E-state index contributed by atoms with van der Waals surface area (Å²) in [7, 11) is 0. The Labute approximate surface area is 87.5 Å². The van der Waals surface area contributed by atoms with E-state index in [0.717, 1.165) is 24.4 Å². The van der Waals surface area contributed by atoms with Crippen molar-refractivity contribution < 1.29 is 0 Å². The predicted molar refractivity (Wildman–Crippen MR) is 57.7 cm³/mol. The van der Waals surface area contributed by atoms with Gasteiger partial charge in [-0.2, -0.15) is 0 Å². The number of anilines is 1. The molecule has 78 valence electrons. The van der Waals surface area contributed by atoms with E-state index >= 15 is 0 Å². The zero-order valence-electron chi connectivity index (χ0n) is 8.48. The van der Waals surface area contributed by atoms with Crippen LogP contribution in [0, 0.1) is 0 Å². The third-order valence-electron chi connectivity index (χ3n) is 2.86. The van der Waals surface area contributed by atoms with Gasteiger partial charge in [0.15, 0.2) is 0 Å². The number of nitrogens with one attached hydrogen (secondary N) is 1. The number of aromatic amines is 1. The molecule has 1 saturated heterocycles. The predicted octanol–water partition coefficient (Wildman–Crippen LogP) is 1.34. The number of nitrogens with zero attached hydrogens (tertiary/aromatic N) is 4. The van der Waals surface area contributed by atoms with Gasteiger partial charge in [0.05, 0.1) is 0 Å². The molecule has 3 heterocycles. The zero-order chi connectivity index (χ0) is 10.1. The lowest BCUT2D eigenvalue weighted by molar-refractivity contribution is 0.574. The van der Waals surface area contributed by atoms with Gasteiger partial charge in [-0.1, -0.05) is 5.21 Å². The molecular weight excluding hydrogens is 190 g/mol. The van der Waals surface area contributed by atoms with Gasteiger partial charge in [-0.25, -0.2) is 4.98 Å². The number of aromatic nitrogens is 4.